The molecule has 66 valence electrons. The second-order valence-electron chi connectivity index (χ2n) is 2.79. The Kier molecular flexibility index (Phi) is 3.20. The molecule has 0 bridgehead atoms. The number of halogens is 1. The number of aromatic amines is 1. The minimum atomic E-state index is 1.16. The smallest absolute Gasteiger partial charge is 0.113 e. The fourth-order valence-electron chi connectivity index (χ4n) is 1.10. The van der Waals surface area contributed by atoms with Crippen LogP contribution in [0, 0.1) is 3.57 Å². The monoisotopic (exact) mass is 276 g/mol. The molecular weight excluding hydrogens is 263 g/mol. The van der Waals surface area contributed by atoms with Gasteiger partial charge in [-0.25, -0.2) is 0 Å². The maximum Gasteiger partial charge on any atom is 0.113 e. The predicted octanol–water partition coefficient (Wildman–Crippen LogP) is 2.72. The SMILES string of the molecule is C/C=C\c1c(I)c[nH]c1N(C)C. The molecule has 0 amide bonds. The van der Waals surface area contributed by atoms with Crippen LogP contribution in [0.1, 0.15) is 12.5 Å². The first-order valence-electron chi connectivity index (χ1n) is 3.83. The van der Waals surface area contributed by atoms with Crippen LogP contribution in [0.25, 0.3) is 6.08 Å². The van der Waals surface area contributed by atoms with E-state index in [0.717, 1.165) is 5.82 Å². The molecule has 0 aliphatic carbocycles. The zero-order chi connectivity index (χ0) is 9.14. The van der Waals surface area contributed by atoms with E-state index in [1.54, 1.807) is 0 Å². The summed E-state index contributed by atoms with van der Waals surface area (Å²) >= 11 is 2.33. The molecule has 0 spiro atoms. The lowest BCUT2D eigenvalue weighted by atomic mass is 10.3. The average molecular weight is 276 g/mol. The third kappa shape index (κ3) is 1.83. The molecule has 3 heteroatoms. The Morgan fingerprint density at radius 2 is 2.17 bits per heavy atom. The molecule has 12 heavy (non-hydrogen) atoms. The van der Waals surface area contributed by atoms with Gasteiger partial charge in [-0.3, -0.25) is 0 Å². The normalized spacial score (nSPS) is 11.0. The topological polar surface area (TPSA) is 19.0 Å². The number of hydrogen-bond donors (Lipinski definition) is 1. The van der Waals surface area contributed by atoms with E-state index in [4.69, 9.17) is 0 Å². The van der Waals surface area contributed by atoms with Crippen molar-refractivity contribution in [3.8, 4) is 0 Å². The number of aromatic nitrogens is 1. The minimum Gasteiger partial charge on any atom is -0.364 e. The molecule has 0 aliphatic rings. The van der Waals surface area contributed by atoms with E-state index in [0.29, 0.717) is 0 Å². The highest BCUT2D eigenvalue weighted by molar-refractivity contribution is 14.1. The Bertz CT molecular complexity index is 287. The van der Waals surface area contributed by atoms with Gasteiger partial charge in [-0.05, 0) is 29.5 Å². The Morgan fingerprint density at radius 1 is 1.50 bits per heavy atom. The van der Waals surface area contributed by atoms with Gasteiger partial charge in [0.25, 0.3) is 0 Å². The highest BCUT2D eigenvalue weighted by Gasteiger charge is 2.06. The van der Waals surface area contributed by atoms with Gasteiger partial charge < -0.3 is 9.88 Å². The van der Waals surface area contributed by atoms with Gasteiger partial charge in [0.1, 0.15) is 5.82 Å². The molecule has 2 nitrogen and oxygen atoms in total. The molecule has 0 atom stereocenters. The van der Waals surface area contributed by atoms with E-state index in [9.17, 15) is 0 Å². The van der Waals surface area contributed by atoms with Gasteiger partial charge in [0.2, 0.25) is 0 Å². The van der Waals surface area contributed by atoms with Gasteiger partial charge in [-0.2, -0.15) is 0 Å². The van der Waals surface area contributed by atoms with Crippen LogP contribution in [-0.4, -0.2) is 19.1 Å². The molecule has 0 saturated carbocycles. The molecule has 0 fully saturated rings. The summed E-state index contributed by atoms with van der Waals surface area (Å²) in [6.07, 6.45) is 6.19. The van der Waals surface area contributed by atoms with Crippen molar-refractivity contribution in [1.29, 1.82) is 0 Å². The molecule has 0 unspecified atom stereocenters. The van der Waals surface area contributed by atoms with Crippen LogP contribution >= 0.6 is 22.6 Å². The summed E-state index contributed by atoms with van der Waals surface area (Å²) in [6.45, 7) is 2.03. The maximum absolute atomic E-state index is 3.23. The van der Waals surface area contributed by atoms with Gasteiger partial charge in [0.05, 0.1) is 0 Å². The third-order valence-electron chi connectivity index (χ3n) is 1.63. The van der Waals surface area contributed by atoms with E-state index >= 15 is 0 Å². The molecule has 0 aliphatic heterocycles. The van der Waals surface area contributed by atoms with Crippen molar-refractivity contribution in [2.75, 3.05) is 19.0 Å². The van der Waals surface area contributed by atoms with Gasteiger partial charge >= 0.3 is 0 Å². The molecule has 1 N–H and O–H groups in total. The van der Waals surface area contributed by atoms with Gasteiger partial charge in [-0.1, -0.05) is 12.2 Å². The Balaban J connectivity index is 3.12. The molecule has 1 rings (SSSR count). The summed E-state index contributed by atoms with van der Waals surface area (Å²) < 4.78 is 1.26. The summed E-state index contributed by atoms with van der Waals surface area (Å²) in [4.78, 5) is 5.31. The third-order valence-corrected chi connectivity index (χ3v) is 2.52. The van der Waals surface area contributed by atoms with E-state index in [1.807, 2.05) is 27.2 Å². The van der Waals surface area contributed by atoms with Crippen LogP contribution in [0.3, 0.4) is 0 Å². The number of hydrogen-bond acceptors (Lipinski definition) is 1. The maximum atomic E-state index is 3.23. The molecule has 1 aromatic heterocycles. The molecule has 1 heterocycles. The number of anilines is 1. The van der Waals surface area contributed by atoms with Gasteiger partial charge in [0.15, 0.2) is 0 Å². The number of nitrogens with one attached hydrogen (secondary N) is 1. The summed E-state index contributed by atoms with van der Waals surface area (Å²) in [6, 6.07) is 0. The molecular formula is C9H13IN2. The van der Waals surface area contributed by atoms with E-state index < -0.39 is 0 Å². The lowest BCUT2D eigenvalue weighted by Gasteiger charge is -2.11. The van der Waals surface area contributed by atoms with Crippen molar-refractivity contribution in [2.45, 2.75) is 6.92 Å². The van der Waals surface area contributed by atoms with E-state index in [2.05, 4.69) is 44.6 Å². The summed E-state index contributed by atoms with van der Waals surface area (Å²) in [5, 5.41) is 0. The Morgan fingerprint density at radius 3 is 2.67 bits per heavy atom. The first kappa shape index (κ1) is 9.64. The Hall–Kier alpha value is -0.450. The fourth-order valence-corrected chi connectivity index (χ4v) is 1.69. The van der Waals surface area contributed by atoms with Crippen molar-refractivity contribution < 1.29 is 0 Å². The second-order valence-corrected chi connectivity index (χ2v) is 3.96. The number of nitrogens with zero attached hydrogens (tertiary/aromatic N) is 1. The number of allylic oxidation sites excluding steroid dienone is 1. The number of rotatable bonds is 2. The van der Waals surface area contributed by atoms with Crippen molar-refractivity contribution in [1.82, 2.24) is 4.98 Å². The first-order chi connectivity index (χ1) is 5.66. The lowest BCUT2D eigenvalue weighted by molar-refractivity contribution is 1.08. The van der Waals surface area contributed by atoms with Gasteiger partial charge in [0, 0.05) is 29.4 Å². The molecule has 0 aromatic carbocycles. The van der Waals surface area contributed by atoms with Crippen molar-refractivity contribution in [2.24, 2.45) is 0 Å². The molecule has 1 aromatic rings. The van der Waals surface area contributed by atoms with Crippen LogP contribution in [0.5, 0.6) is 0 Å². The van der Waals surface area contributed by atoms with E-state index in [1.165, 1.54) is 9.13 Å². The van der Waals surface area contributed by atoms with Crippen molar-refractivity contribution in [3.63, 3.8) is 0 Å². The lowest BCUT2D eigenvalue weighted by Crippen LogP contribution is -2.10. The van der Waals surface area contributed by atoms with Crippen LogP contribution < -0.4 is 4.90 Å². The minimum absolute atomic E-state index is 1.16. The number of H-pyrrole nitrogens is 1. The van der Waals surface area contributed by atoms with Crippen molar-refractivity contribution in [3.05, 3.63) is 21.4 Å². The van der Waals surface area contributed by atoms with Crippen LogP contribution in [-0.2, 0) is 0 Å². The zero-order valence-electron chi connectivity index (χ0n) is 7.56. The highest BCUT2D eigenvalue weighted by atomic mass is 127. The summed E-state index contributed by atoms with van der Waals surface area (Å²) in [5.74, 6) is 1.16. The fraction of sp³-hybridized carbons (Fsp3) is 0.333. The van der Waals surface area contributed by atoms with Crippen LogP contribution in [0.15, 0.2) is 12.3 Å². The van der Waals surface area contributed by atoms with Crippen LogP contribution in [0.4, 0.5) is 5.82 Å². The van der Waals surface area contributed by atoms with Gasteiger partial charge in [-0.15, -0.1) is 0 Å². The summed E-state index contributed by atoms with van der Waals surface area (Å²) in [7, 11) is 4.07. The zero-order valence-corrected chi connectivity index (χ0v) is 9.71. The molecule has 0 saturated heterocycles. The average Bonchev–Trinajstić information content (AvgIpc) is 2.34. The van der Waals surface area contributed by atoms with Crippen LogP contribution in [0.2, 0.25) is 0 Å². The second kappa shape index (κ2) is 3.98. The quantitative estimate of drug-likeness (QED) is 0.823. The summed E-state index contributed by atoms with van der Waals surface area (Å²) in [5.41, 5.74) is 1.27. The first-order valence-corrected chi connectivity index (χ1v) is 4.91. The largest absolute Gasteiger partial charge is 0.364 e. The highest BCUT2D eigenvalue weighted by Crippen LogP contribution is 2.23. The Labute approximate surface area is 86.8 Å². The predicted molar refractivity (Wildman–Crippen MR) is 62.5 cm³/mol. The standard InChI is InChI=1S/C9H13IN2/c1-4-5-7-8(10)6-11-9(7)12(2)3/h4-6,11H,1-3H3/b5-4-. The molecule has 0 radical (unpaired) electrons. The van der Waals surface area contributed by atoms with Crippen molar-refractivity contribution >= 4 is 34.5 Å². The van der Waals surface area contributed by atoms with E-state index in [-0.39, 0.29) is 0 Å².